The molecule has 1 heterocycles. The minimum absolute atomic E-state index is 0.0571. The number of nitrogens with one attached hydrogen (secondary N) is 1. The van der Waals surface area contributed by atoms with Gasteiger partial charge in [0.1, 0.15) is 6.04 Å². The van der Waals surface area contributed by atoms with E-state index < -0.39 is 0 Å². The van der Waals surface area contributed by atoms with Crippen LogP contribution >= 0.6 is 11.8 Å². The van der Waals surface area contributed by atoms with E-state index in [2.05, 4.69) is 19.2 Å². The van der Waals surface area contributed by atoms with E-state index in [9.17, 15) is 9.59 Å². The van der Waals surface area contributed by atoms with E-state index in [1.165, 1.54) is 5.56 Å². The monoisotopic (exact) mass is 346 g/mol. The minimum atomic E-state index is -0.346. The third-order valence-corrected chi connectivity index (χ3v) is 6.24. The number of carbonyl (C=O) groups is 2. The molecule has 24 heavy (non-hydrogen) atoms. The highest BCUT2D eigenvalue weighted by atomic mass is 32.2. The van der Waals surface area contributed by atoms with Crippen molar-refractivity contribution in [2.24, 2.45) is 5.92 Å². The van der Waals surface area contributed by atoms with Crippen LogP contribution in [0.2, 0.25) is 0 Å². The van der Waals surface area contributed by atoms with E-state index in [-0.39, 0.29) is 29.1 Å². The SMILES string of the molecule is CCC[C@@H]1SC[C@H](C(=O)Nc2ccc(C)c(C)c2)N1C(=O)C1CC1. The first-order valence-electron chi connectivity index (χ1n) is 8.83. The largest absolute Gasteiger partial charge is 0.324 e. The van der Waals surface area contributed by atoms with Gasteiger partial charge < -0.3 is 10.2 Å². The van der Waals surface area contributed by atoms with Gasteiger partial charge >= 0.3 is 0 Å². The molecular weight excluding hydrogens is 320 g/mol. The summed E-state index contributed by atoms with van der Waals surface area (Å²) in [6.07, 6.45) is 3.93. The molecule has 2 amide bonds. The fourth-order valence-corrected chi connectivity index (χ4v) is 4.65. The summed E-state index contributed by atoms with van der Waals surface area (Å²) in [5.41, 5.74) is 3.17. The molecule has 4 nitrogen and oxygen atoms in total. The van der Waals surface area contributed by atoms with Crippen LogP contribution in [-0.2, 0) is 9.59 Å². The molecule has 0 spiro atoms. The van der Waals surface area contributed by atoms with Crippen LogP contribution < -0.4 is 5.32 Å². The number of amides is 2. The zero-order valence-electron chi connectivity index (χ0n) is 14.7. The number of benzene rings is 1. The fraction of sp³-hybridized carbons (Fsp3) is 0.579. The second kappa shape index (κ2) is 7.18. The van der Waals surface area contributed by atoms with E-state index >= 15 is 0 Å². The molecule has 0 bridgehead atoms. The average Bonchev–Trinajstić information content (AvgIpc) is 3.31. The van der Waals surface area contributed by atoms with E-state index in [0.717, 1.165) is 36.9 Å². The third kappa shape index (κ3) is 3.61. The number of nitrogens with zero attached hydrogens (tertiary/aromatic N) is 1. The van der Waals surface area contributed by atoms with Crippen molar-refractivity contribution in [3.63, 3.8) is 0 Å². The van der Waals surface area contributed by atoms with Gasteiger partial charge in [0.15, 0.2) is 0 Å². The van der Waals surface area contributed by atoms with Crippen LogP contribution in [0.15, 0.2) is 18.2 Å². The lowest BCUT2D eigenvalue weighted by Crippen LogP contribution is -2.48. The van der Waals surface area contributed by atoms with Gasteiger partial charge in [-0.15, -0.1) is 11.8 Å². The molecule has 2 atom stereocenters. The number of hydrogen-bond donors (Lipinski definition) is 1. The van der Waals surface area contributed by atoms with Gasteiger partial charge in [-0.2, -0.15) is 0 Å². The van der Waals surface area contributed by atoms with Gasteiger partial charge in [0.05, 0.1) is 5.37 Å². The number of anilines is 1. The number of hydrogen-bond acceptors (Lipinski definition) is 3. The van der Waals surface area contributed by atoms with Gasteiger partial charge in [0.25, 0.3) is 0 Å². The fourth-order valence-electron chi connectivity index (χ4n) is 3.12. The maximum Gasteiger partial charge on any atom is 0.248 e. The van der Waals surface area contributed by atoms with Gasteiger partial charge in [0, 0.05) is 17.4 Å². The van der Waals surface area contributed by atoms with Crippen molar-refractivity contribution in [3.05, 3.63) is 29.3 Å². The van der Waals surface area contributed by atoms with E-state index in [4.69, 9.17) is 0 Å². The topological polar surface area (TPSA) is 49.4 Å². The number of thioether (sulfide) groups is 1. The van der Waals surface area contributed by atoms with Crippen LogP contribution in [-0.4, -0.2) is 33.9 Å². The van der Waals surface area contributed by atoms with E-state index in [0.29, 0.717) is 5.75 Å². The Bertz CT molecular complexity index is 642. The first-order valence-corrected chi connectivity index (χ1v) is 9.88. The van der Waals surface area contributed by atoms with Gasteiger partial charge in [0.2, 0.25) is 11.8 Å². The Kier molecular flexibility index (Phi) is 5.18. The summed E-state index contributed by atoms with van der Waals surface area (Å²) >= 11 is 1.75. The summed E-state index contributed by atoms with van der Waals surface area (Å²) in [6, 6.07) is 5.59. The predicted molar refractivity (Wildman–Crippen MR) is 99.1 cm³/mol. The van der Waals surface area contributed by atoms with Crippen molar-refractivity contribution in [1.82, 2.24) is 4.90 Å². The number of aryl methyl sites for hydroxylation is 2. The predicted octanol–water partition coefficient (Wildman–Crippen LogP) is 3.72. The minimum Gasteiger partial charge on any atom is -0.324 e. The molecule has 2 fully saturated rings. The lowest BCUT2D eigenvalue weighted by molar-refractivity contribution is -0.139. The van der Waals surface area contributed by atoms with Crippen molar-refractivity contribution < 1.29 is 9.59 Å². The Morgan fingerprint density at radius 1 is 1.25 bits per heavy atom. The van der Waals surface area contributed by atoms with Crippen molar-refractivity contribution in [3.8, 4) is 0 Å². The summed E-state index contributed by atoms with van der Waals surface area (Å²) in [5.74, 6) is 0.969. The van der Waals surface area contributed by atoms with Crippen LogP contribution in [0.1, 0.15) is 43.7 Å². The molecule has 1 aromatic carbocycles. The normalized spacial score (nSPS) is 23.4. The Balaban J connectivity index is 1.74. The molecular formula is C19H26N2O2S. The first-order chi connectivity index (χ1) is 11.5. The van der Waals surface area contributed by atoms with Crippen molar-refractivity contribution in [2.75, 3.05) is 11.1 Å². The zero-order chi connectivity index (χ0) is 17.3. The van der Waals surface area contributed by atoms with Crippen molar-refractivity contribution in [2.45, 2.75) is 57.9 Å². The van der Waals surface area contributed by atoms with Crippen LogP contribution in [0.4, 0.5) is 5.69 Å². The van der Waals surface area contributed by atoms with Gasteiger partial charge in [-0.1, -0.05) is 19.4 Å². The molecule has 1 aliphatic heterocycles. The van der Waals surface area contributed by atoms with E-state index in [1.807, 2.05) is 30.0 Å². The highest BCUT2D eigenvalue weighted by molar-refractivity contribution is 8.00. The maximum atomic E-state index is 12.8. The molecule has 1 saturated heterocycles. The molecule has 5 heteroatoms. The third-order valence-electron chi connectivity index (χ3n) is 4.89. The summed E-state index contributed by atoms with van der Waals surface area (Å²) in [6.45, 7) is 6.22. The molecule has 0 unspecified atom stereocenters. The molecule has 3 rings (SSSR count). The molecule has 1 aliphatic carbocycles. The van der Waals surface area contributed by atoms with Crippen LogP contribution in [0, 0.1) is 19.8 Å². The summed E-state index contributed by atoms with van der Waals surface area (Å²) in [5, 5.41) is 3.16. The number of rotatable bonds is 5. The highest BCUT2D eigenvalue weighted by Crippen LogP contribution is 2.39. The Labute approximate surface area is 148 Å². The Morgan fingerprint density at radius 3 is 2.62 bits per heavy atom. The smallest absolute Gasteiger partial charge is 0.248 e. The molecule has 1 aromatic rings. The van der Waals surface area contributed by atoms with Crippen LogP contribution in [0.25, 0.3) is 0 Å². The standard InChI is InChI=1S/C19H26N2O2S/c1-4-5-17-21(19(23)14-7-8-14)16(11-24-17)18(22)20-15-9-6-12(2)13(3)10-15/h6,9-10,14,16-17H,4-5,7-8,11H2,1-3H3,(H,20,22)/t16-,17+/m1/s1. The maximum absolute atomic E-state index is 12.8. The molecule has 0 aromatic heterocycles. The lowest BCUT2D eigenvalue weighted by Gasteiger charge is -2.29. The van der Waals surface area contributed by atoms with Gasteiger partial charge in [-0.05, 0) is 56.4 Å². The second-order valence-corrected chi connectivity index (χ2v) is 8.11. The zero-order valence-corrected chi connectivity index (χ0v) is 15.5. The van der Waals surface area contributed by atoms with Crippen molar-refractivity contribution >= 4 is 29.3 Å². The quantitative estimate of drug-likeness (QED) is 0.884. The van der Waals surface area contributed by atoms with Crippen molar-refractivity contribution in [1.29, 1.82) is 0 Å². The van der Waals surface area contributed by atoms with Gasteiger partial charge in [-0.25, -0.2) is 0 Å². The molecule has 2 aliphatic rings. The van der Waals surface area contributed by atoms with Crippen LogP contribution in [0.5, 0.6) is 0 Å². The molecule has 1 saturated carbocycles. The van der Waals surface area contributed by atoms with E-state index in [1.54, 1.807) is 11.8 Å². The first kappa shape index (κ1) is 17.3. The molecule has 1 N–H and O–H groups in total. The molecule has 130 valence electrons. The summed E-state index contributed by atoms with van der Waals surface area (Å²) in [4.78, 5) is 27.4. The summed E-state index contributed by atoms with van der Waals surface area (Å²) in [7, 11) is 0. The molecule has 0 radical (unpaired) electrons. The Morgan fingerprint density at radius 2 is 2.00 bits per heavy atom. The van der Waals surface area contributed by atoms with Crippen LogP contribution in [0.3, 0.4) is 0 Å². The average molecular weight is 346 g/mol. The Hall–Kier alpha value is -1.49. The second-order valence-electron chi connectivity index (χ2n) is 6.90. The lowest BCUT2D eigenvalue weighted by atomic mass is 10.1. The van der Waals surface area contributed by atoms with Gasteiger partial charge in [-0.3, -0.25) is 9.59 Å². The summed E-state index contributed by atoms with van der Waals surface area (Å²) < 4.78 is 0. The highest BCUT2D eigenvalue weighted by Gasteiger charge is 2.45. The number of carbonyl (C=O) groups excluding carboxylic acids is 2.